The Kier molecular flexibility index (Phi) is 3.85. The molecule has 0 spiro atoms. The van der Waals surface area contributed by atoms with Crippen LogP contribution in [0.25, 0.3) is 0 Å². The van der Waals surface area contributed by atoms with Crippen LogP contribution in [0.4, 0.5) is 5.69 Å². The van der Waals surface area contributed by atoms with E-state index in [2.05, 4.69) is 39.1 Å². The maximum absolute atomic E-state index is 5.90. The zero-order valence-corrected chi connectivity index (χ0v) is 10.3. The molecule has 0 aliphatic carbocycles. The molecule has 1 aliphatic rings. The molecule has 1 aromatic carbocycles. The summed E-state index contributed by atoms with van der Waals surface area (Å²) in [4.78, 5) is 8.79. The van der Waals surface area contributed by atoms with Gasteiger partial charge in [-0.15, -0.1) is 0 Å². The fraction of sp³-hybridized carbons (Fsp3) is 0.462. The third-order valence-electron chi connectivity index (χ3n) is 3.05. The zero-order valence-electron chi connectivity index (χ0n) is 10.3. The molecule has 1 saturated heterocycles. The smallest absolute Gasteiger partial charge is 0.191 e. The highest BCUT2D eigenvalue weighted by atomic mass is 15.3. The average molecular weight is 232 g/mol. The Bertz CT molecular complexity index is 366. The van der Waals surface area contributed by atoms with Gasteiger partial charge in [0.05, 0.1) is 0 Å². The summed E-state index contributed by atoms with van der Waals surface area (Å²) in [5, 5.41) is 0. The molecule has 1 aromatic rings. The molecular weight excluding hydrogens is 212 g/mol. The van der Waals surface area contributed by atoms with Crippen molar-refractivity contribution in [3.8, 4) is 0 Å². The van der Waals surface area contributed by atoms with Gasteiger partial charge in [-0.25, -0.2) is 0 Å². The minimum absolute atomic E-state index is 0.681. The highest BCUT2D eigenvalue weighted by Gasteiger charge is 2.17. The van der Waals surface area contributed by atoms with E-state index in [1.54, 1.807) is 0 Å². The average Bonchev–Trinajstić information content (AvgIpc) is 2.40. The Morgan fingerprint density at radius 1 is 1.18 bits per heavy atom. The largest absolute Gasteiger partial charge is 0.370 e. The number of aliphatic imine (C=N–C) groups is 1. The second-order valence-corrected chi connectivity index (χ2v) is 4.14. The third-order valence-corrected chi connectivity index (χ3v) is 3.05. The molecule has 17 heavy (non-hydrogen) atoms. The number of anilines is 1. The molecule has 0 radical (unpaired) electrons. The van der Waals surface area contributed by atoms with Gasteiger partial charge in [0.2, 0.25) is 0 Å². The fourth-order valence-electron chi connectivity index (χ4n) is 2.09. The van der Waals surface area contributed by atoms with E-state index in [-0.39, 0.29) is 0 Å². The summed E-state index contributed by atoms with van der Waals surface area (Å²) in [6.45, 7) is 6.67. The molecule has 92 valence electrons. The van der Waals surface area contributed by atoms with Gasteiger partial charge in [-0.1, -0.05) is 18.2 Å². The lowest BCUT2D eigenvalue weighted by Gasteiger charge is -2.36. The Morgan fingerprint density at radius 2 is 1.82 bits per heavy atom. The van der Waals surface area contributed by atoms with Crippen LogP contribution in [0, 0.1) is 0 Å². The molecule has 2 rings (SSSR count). The van der Waals surface area contributed by atoms with E-state index in [1.165, 1.54) is 5.69 Å². The van der Waals surface area contributed by atoms with Gasteiger partial charge in [0.15, 0.2) is 5.96 Å². The van der Waals surface area contributed by atoms with E-state index in [0.29, 0.717) is 5.96 Å². The van der Waals surface area contributed by atoms with Crippen molar-refractivity contribution in [3.63, 3.8) is 0 Å². The first-order valence-corrected chi connectivity index (χ1v) is 6.16. The second kappa shape index (κ2) is 5.57. The van der Waals surface area contributed by atoms with Gasteiger partial charge in [-0.2, -0.15) is 0 Å². The predicted molar refractivity (Wildman–Crippen MR) is 72.4 cm³/mol. The Morgan fingerprint density at radius 3 is 2.41 bits per heavy atom. The number of hydrogen-bond donors (Lipinski definition) is 1. The van der Waals surface area contributed by atoms with E-state index >= 15 is 0 Å². The van der Waals surface area contributed by atoms with Crippen molar-refractivity contribution in [3.05, 3.63) is 30.3 Å². The summed E-state index contributed by atoms with van der Waals surface area (Å²) in [5.41, 5.74) is 7.19. The van der Waals surface area contributed by atoms with Crippen LogP contribution < -0.4 is 10.6 Å². The summed E-state index contributed by atoms with van der Waals surface area (Å²) in [6, 6.07) is 10.5. The Balaban J connectivity index is 1.93. The second-order valence-electron chi connectivity index (χ2n) is 4.14. The first kappa shape index (κ1) is 11.8. The first-order chi connectivity index (χ1) is 8.31. The van der Waals surface area contributed by atoms with Gasteiger partial charge < -0.3 is 15.5 Å². The van der Waals surface area contributed by atoms with Crippen molar-refractivity contribution in [2.45, 2.75) is 6.92 Å². The van der Waals surface area contributed by atoms with Crippen LogP contribution in [0.15, 0.2) is 35.3 Å². The minimum Gasteiger partial charge on any atom is -0.370 e. The molecule has 0 bridgehead atoms. The fourth-order valence-corrected chi connectivity index (χ4v) is 2.09. The highest BCUT2D eigenvalue weighted by molar-refractivity contribution is 5.78. The summed E-state index contributed by atoms with van der Waals surface area (Å²) in [7, 11) is 0. The normalized spacial score (nSPS) is 17.4. The van der Waals surface area contributed by atoms with Crippen molar-refractivity contribution < 1.29 is 0 Å². The lowest BCUT2D eigenvalue weighted by atomic mass is 10.2. The van der Waals surface area contributed by atoms with Gasteiger partial charge in [0.1, 0.15) is 0 Å². The molecule has 0 saturated carbocycles. The molecule has 1 aliphatic heterocycles. The van der Waals surface area contributed by atoms with Gasteiger partial charge in [0.25, 0.3) is 0 Å². The summed E-state index contributed by atoms with van der Waals surface area (Å²) < 4.78 is 0. The van der Waals surface area contributed by atoms with Crippen LogP contribution in [0.2, 0.25) is 0 Å². The first-order valence-electron chi connectivity index (χ1n) is 6.16. The van der Waals surface area contributed by atoms with Crippen LogP contribution in [0.5, 0.6) is 0 Å². The highest BCUT2D eigenvalue weighted by Crippen LogP contribution is 2.15. The maximum atomic E-state index is 5.90. The van der Waals surface area contributed by atoms with Crippen molar-refractivity contribution in [2.24, 2.45) is 10.7 Å². The number of nitrogens with two attached hydrogens (primary N) is 1. The van der Waals surface area contributed by atoms with E-state index in [1.807, 2.05) is 13.0 Å². The number of piperazine rings is 1. The third kappa shape index (κ3) is 2.90. The van der Waals surface area contributed by atoms with Crippen molar-refractivity contribution in [1.29, 1.82) is 0 Å². The Hall–Kier alpha value is -1.71. The summed E-state index contributed by atoms with van der Waals surface area (Å²) in [6.07, 6.45) is 0. The molecule has 0 amide bonds. The van der Waals surface area contributed by atoms with Gasteiger partial charge in [-0.05, 0) is 19.1 Å². The van der Waals surface area contributed by atoms with Crippen LogP contribution in [0.1, 0.15) is 6.92 Å². The summed E-state index contributed by atoms with van der Waals surface area (Å²) in [5.74, 6) is 0.681. The molecule has 0 unspecified atom stereocenters. The van der Waals surface area contributed by atoms with Crippen molar-refractivity contribution >= 4 is 11.6 Å². The topological polar surface area (TPSA) is 44.9 Å². The number of para-hydroxylation sites is 1. The molecule has 2 N–H and O–H groups in total. The lowest BCUT2D eigenvalue weighted by Crippen LogP contribution is -2.51. The number of hydrogen-bond acceptors (Lipinski definition) is 2. The SMILES string of the molecule is CCN=C(N)N1CCN(c2ccccc2)CC1. The van der Waals surface area contributed by atoms with Crippen molar-refractivity contribution in [2.75, 3.05) is 37.6 Å². The van der Waals surface area contributed by atoms with Gasteiger partial charge >= 0.3 is 0 Å². The van der Waals surface area contributed by atoms with E-state index in [0.717, 1.165) is 32.7 Å². The monoisotopic (exact) mass is 232 g/mol. The van der Waals surface area contributed by atoms with Gasteiger partial charge in [-0.3, -0.25) is 4.99 Å². The molecule has 1 fully saturated rings. The quantitative estimate of drug-likeness (QED) is 0.614. The number of nitrogens with zero attached hydrogens (tertiary/aromatic N) is 3. The molecule has 1 heterocycles. The summed E-state index contributed by atoms with van der Waals surface area (Å²) >= 11 is 0. The molecule has 0 aromatic heterocycles. The molecule has 4 heteroatoms. The van der Waals surface area contributed by atoms with Crippen LogP contribution in [-0.4, -0.2) is 43.6 Å². The lowest BCUT2D eigenvalue weighted by molar-refractivity contribution is 0.381. The zero-order chi connectivity index (χ0) is 12.1. The number of rotatable bonds is 2. The van der Waals surface area contributed by atoms with E-state index in [4.69, 9.17) is 5.73 Å². The molecule has 4 nitrogen and oxygen atoms in total. The number of guanidine groups is 1. The molecular formula is C13H20N4. The standard InChI is InChI=1S/C13H20N4/c1-2-15-13(14)17-10-8-16(9-11-17)12-6-4-3-5-7-12/h3-7H,2,8-11H2,1H3,(H2,14,15). The number of benzene rings is 1. The van der Waals surface area contributed by atoms with E-state index < -0.39 is 0 Å². The van der Waals surface area contributed by atoms with Crippen LogP contribution >= 0.6 is 0 Å². The predicted octanol–water partition coefficient (Wildman–Crippen LogP) is 1.14. The van der Waals surface area contributed by atoms with Crippen LogP contribution in [0.3, 0.4) is 0 Å². The molecule has 0 atom stereocenters. The van der Waals surface area contributed by atoms with E-state index in [9.17, 15) is 0 Å². The Labute approximate surface area is 103 Å². The van der Waals surface area contributed by atoms with Crippen LogP contribution in [-0.2, 0) is 0 Å². The minimum atomic E-state index is 0.681. The maximum Gasteiger partial charge on any atom is 0.191 e. The van der Waals surface area contributed by atoms with Crippen molar-refractivity contribution in [1.82, 2.24) is 4.90 Å². The van der Waals surface area contributed by atoms with Gasteiger partial charge in [0, 0.05) is 38.4 Å².